The van der Waals surface area contributed by atoms with Crippen molar-refractivity contribution in [1.29, 1.82) is 0 Å². The average Bonchev–Trinajstić information content (AvgIpc) is 2.73. The lowest BCUT2D eigenvalue weighted by Gasteiger charge is -2.26. The zero-order valence-corrected chi connectivity index (χ0v) is 16.4. The van der Waals surface area contributed by atoms with E-state index < -0.39 is 0 Å². The third kappa shape index (κ3) is 5.33. The summed E-state index contributed by atoms with van der Waals surface area (Å²) in [6.45, 7) is 5.42. The van der Waals surface area contributed by atoms with Crippen LogP contribution < -0.4 is 10.1 Å². The van der Waals surface area contributed by atoms with Gasteiger partial charge >= 0.3 is 0 Å². The van der Waals surface area contributed by atoms with E-state index in [-0.39, 0.29) is 11.9 Å². The normalized spacial score (nSPS) is 15.9. The molecule has 4 nitrogen and oxygen atoms in total. The summed E-state index contributed by atoms with van der Waals surface area (Å²) in [6.07, 6.45) is 4.78. The second-order valence-electron chi connectivity index (χ2n) is 7.24. The van der Waals surface area contributed by atoms with Gasteiger partial charge in [-0.3, -0.25) is 9.69 Å². The van der Waals surface area contributed by atoms with Gasteiger partial charge in [0, 0.05) is 12.1 Å². The number of amides is 1. The minimum absolute atomic E-state index is 0.00330. The van der Waals surface area contributed by atoms with Crippen molar-refractivity contribution in [3.63, 3.8) is 0 Å². The maximum Gasteiger partial charge on any atom is 0.251 e. The molecule has 1 fully saturated rings. The molecule has 144 valence electrons. The number of methoxy groups -OCH3 is 1. The van der Waals surface area contributed by atoms with E-state index in [1.807, 2.05) is 36.4 Å². The van der Waals surface area contributed by atoms with Gasteiger partial charge in [-0.15, -0.1) is 0 Å². The van der Waals surface area contributed by atoms with Gasteiger partial charge in [-0.25, -0.2) is 0 Å². The molecule has 2 aromatic carbocycles. The maximum atomic E-state index is 12.7. The quantitative estimate of drug-likeness (QED) is 0.781. The first-order valence-electron chi connectivity index (χ1n) is 9.95. The van der Waals surface area contributed by atoms with Crippen LogP contribution in [0.2, 0.25) is 0 Å². The Balaban J connectivity index is 1.60. The van der Waals surface area contributed by atoms with Crippen molar-refractivity contribution in [3.05, 3.63) is 65.2 Å². The van der Waals surface area contributed by atoms with Crippen molar-refractivity contribution in [2.24, 2.45) is 0 Å². The van der Waals surface area contributed by atoms with Gasteiger partial charge in [0.15, 0.2) is 0 Å². The van der Waals surface area contributed by atoms with Gasteiger partial charge < -0.3 is 10.1 Å². The molecule has 1 aliphatic heterocycles. The van der Waals surface area contributed by atoms with Crippen molar-refractivity contribution in [3.8, 4) is 5.75 Å². The molecule has 0 bridgehead atoms. The third-order valence-electron chi connectivity index (χ3n) is 5.30. The molecule has 0 unspecified atom stereocenters. The van der Waals surface area contributed by atoms with E-state index >= 15 is 0 Å². The number of nitrogens with one attached hydrogen (secondary N) is 1. The molecule has 0 radical (unpaired) electrons. The first-order valence-corrected chi connectivity index (χ1v) is 9.95. The molecule has 0 aromatic heterocycles. The Morgan fingerprint density at radius 1 is 1.04 bits per heavy atom. The summed E-state index contributed by atoms with van der Waals surface area (Å²) >= 11 is 0. The highest BCUT2D eigenvalue weighted by Gasteiger charge is 2.15. The molecular weight excluding hydrogens is 336 g/mol. The standard InChI is InChI=1S/C23H30N2O2/c1-3-22(19-11-13-21(27-2)14-12-19)24-23(26)20-9-7-18(8-10-20)17-25-15-5-4-6-16-25/h7-14,22H,3-6,15-17H2,1-2H3,(H,24,26)/t22-/m1/s1. The monoisotopic (exact) mass is 366 g/mol. The van der Waals surface area contributed by atoms with E-state index in [1.54, 1.807) is 7.11 Å². The topological polar surface area (TPSA) is 41.6 Å². The van der Waals surface area contributed by atoms with Crippen LogP contribution in [0, 0.1) is 0 Å². The first-order chi connectivity index (χ1) is 13.2. The Morgan fingerprint density at radius 3 is 2.30 bits per heavy atom. The molecule has 0 saturated carbocycles. The summed E-state index contributed by atoms with van der Waals surface area (Å²) in [7, 11) is 1.66. The first kappa shape index (κ1) is 19.4. The van der Waals surface area contributed by atoms with Gasteiger partial charge in [-0.1, -0.05) is 37.6 Å². The molecule has 1 N–H and O–H groups in total. The van der Waals surface area contributed by atoms with E-state index in [1.165, 1.54) is 37.9 Å². The number of ether oxygens (including phenoxy) is 1. The van der Waals surface area contributed by atoms with Gasteiger partial charge in [0.2, 0.25) is 0 Å². The third-order valence-corrected chi connectivity index (χ3v) is 5.30. The van der Waals surface area contributed by atoms with Crippen LogP contribution in [0.25, 0.3) is 0 Å². The van der Waals surface area contributed by atoms with Crippen LogP contribution in [-0.2, 0) is 6.54 Å². The lowest BCUT2D eigenvalue weighted by atomic mass is 10.0. The Bertz CT molecular complexity index is 719. The summed E-state index contributed by atoms with van der Waals surface area (Å²) in [5.74, 6) is 0.798. The Morgan fingerprint density at radius 2 is 1.70 bits per heavy atom. The molecule has 0 spiro atoms. The predicted molar refractivity (Wildman–Crippen MR) is 109 cm³/mol. The summed E-state index contributed by atoms with van der Waals surface area (Å²) < 4.78 is 5.21. The summed E-state index contributed by atoms with van der Waals surface area (Å²) in [4.78, 5) is 15.2. The second-order valence-corrected chi connectivity index (χ2v) is 7.24. The Kier molecular flexibility index (Phi) is 6.88. The molecule has 0 aliphatic carbocycles. The smallest absolute Gasteiger partial charge is 0.251 e. The van der Waals surface area contributed by atoms with Crippen LogP contribution in [0.4, 0.5) is 0 Å². The van der Waals surface area contributed by atoms with E-state index in [4.69, 9.17) is 4.74 Å². The van der Waals surface area contributed by atoms with E-state index in [0.717, 1.165) is 24.3 Å². The van der Waals surface area contributed by atoms with Crippen molar-refractivity contribution < 1.29 is 9.53 Å². The van der Waals surface area contributed by atoms with Gasteiger partial charge in [-0.2, -0.15) is 0 Å². The van der Waals surface area contributed by atoms with Gasteiger partial charge in [0.1, 0.15) is 5.75 Å². The highest BCUT2D eigenvalue weighted by atomic mass is 16.5. The fourth-order valence-corrected chi connectivity index (χ4v) is 3.64. The molecule has 3 rings (SSSR count). The van der Waals surface area contributed by atoms with Gasteiger partial charge in [0.05, 0.1) is 13.2 Å². The van der Waals surface area contributed by atoms with Crippen LogP contribution >= 0.6 is 0 Å². The molecule has 1 aliphatic rings. The number of hydrogen-bond donors (Lipinski definition) is 1. The Hall–Kier alpha value is -2.33. The zero-order chi connectivity index (χ0) is 19.1. The zero-order valence-electron chi connectivity index (χ0n) is 16.4. The van der Waals surface area contributed by atoms with Gasteiger partial charge in [-0.05, 0) is 67.7 Å². The van der Waals surface area contributed by atoms with E-state index in [2.05, 4.69) is 29.3 Å². The molecule has 4 heteroatoms. The minimum Gasteiger partial charge on any atom is -0.497 e. The second kappa shape index (κ2) is 9.56. The average molecular weight is 367 g/mol. The van der Waals surface area contributed by atoms with Crippen molar-refractivity contribution in [2.45, 2.75) is 45.2 Å². The summed E-state index contributed by atoms with van der Waals surface area (Å²) in [6, 6.07) is 15.9. The van der Waals surface area contributed by atoms with Crippen LogP contribution in [0.1, 0.15) is 60.1 Å². The SMILES string of the molecule is CC[C@@H](NC(=O)c1ccc(CN2CCCCC2)cc1)c1ccc(OC)cc1. The fourth-order valence-electron chi connectivity index (χ4n) is 3.64. The number of piperidine rings is 1. The van der Waals surface area contributed by atoms with Crippen LogP contribution in [0.5, 0.6) is 5.75 Å². The number of benzene rings is 2. The Labute approximate surface area is 162 Å². The number of carbonyl (C=O) groups excluding carboxylic acids is 1. The van der Waals surface area contributed by atoms with Crippen molar-refractivity contribution >= 4 is 5.91 Å². The number of rotatable bonds is 7. The highest BCUT2D eigenvalue weighted by molar-refractivity contribution is 5.94. The predicted octanol–water partition coefficient (Wildman–Crippen LogP) is 4.56. The largest absolute Gasteiger partial charge is 0.497 e. The molecular formula is C23H30N2O2. The maximum absolute atomic E-state index is 12.7. The molecule has 1 heterocycles. The molecule has 1 amide bonds. The number of carbonyl (C=O) groups is 1. The molecule has 1 saturated heterocycles. The molecule has 1 atom stereocenters. The van der Waals surface area contributed by atoms with Crippen LogP contribution in [0.3, 0.4) is 0 Å². The minimum atomic E-state index is -0.0257. The molecule has 27 heavy (non-hydrogen) atoms. The highest BCUT2D eigenvalue weighted by Crippen LogP contribution is 2.21. The fraction of sp³-hybridized carbons (Fsp3) is 0.435. The van der Waals surface area contributed by atoms with E-state index in [9.17, 15) is 4.79 Å². The summed E-state index contributed by atoms with van der Waals surface area (Å²) in [5.41, 5.74) is 3.08. The van der Waals surface area contributed by atoms with Crippen LogP contribution in [-0.4, -0.2) is 31.0 Å². The number of likely N-dealkylation sites (tertiary alicyclic amines) is 1. The lowest BCUT2D eigenvalue weighted by molar-refractivity contribution is 0.0935. The number of nitrogens with zero attached hydrogens (tertiary/aromatic N) is 1. The number of hydrogen-bond acceptors (Lipinski definition) is 3. The lowest BCUT2D eigenvalue weighted by Crippen LogP contribution is -2.29. The van der Waals surface area contributed by atoms with Crippen molar-refractivity contribution in [1.82, 2.24) is 10.2 Å². The van der Waals surface area contributed by atoms with E-state index in [0.29, 0.717) is 5.56 Å². The van der Waals surface area contributed by atoms with Crippen molar-refractivity contribution in [2.75, 3.05) is 20.2 Å². The molecule has 2 aromatic rings. The van der Waals surface area contributed by atoms with Gasteiger partial charge in [0.25, 0.3) is 5.91 Å². The summed E-state index contributed by atoms with van der Waals surface area (Å²) in [5, 5.41) is 3.15. The van der Waals surface area contributed by atoms with Crippen LogP contribution in [0.15, 0.2) is 48.5 Å².